The summed E-state index contributed by atoms with van der Waals surface area (Å²) in [5.74, 6) is -1.19. The Morgan fingerprint density at radius 3 is 2.51 bits per heavy atom. The SMILES string of the molecule is Cc1nc2c(N3CCC(C)C3)c(NC(=O)c3ccc(=O)n(-c4c(F)cccc4F)n3)ccc2n1C. The van der Waals surface area contributed by atoms with Crippen LogP contribution in [0.1, 0.15) is 29.7 Å². The van der Waals surface area contributed by atoms with Crippen LogP contribution >= 0.6 is 0 Å². The summed E-state index contributed by atoms with van der Waals surface area (Å²) in [6.45, 7) is 5.75. The summed E-state index contributed by atoms with van der Waals surface area (Å²) < 4.78 is 31.1. The van der Waals surface area contributed by atoms with Gasteiger partial charge in [-0.05, 0) is 49.6 Å². The van der Waals surface area contributed by atoms with Gasteiger partial charge in [-0.1, -0.05) is 13.0 Å². The van der Waals surface area contributed by atoms with Crippen molar-refractivity contribution in [1.82, 2.24) is 19.3 Å². The number of amides is 1. The number of halogens is 2. The molecule has 3 heterocycles. The van der Waals surface area contributed by atoms with Crippen LogP contribution in [0.25, 0.3) is 16.7 Å². The Bertz CT molecular complexity index is 1510. The van der Waals surface area contributed by atoms with Crippen molar-refractivity contribution in [3.63, 3.8) is 0 Å². The first-order valence-electron chi connectivity index (χ1n) is 11.3. The van der Waals surface area contributed by atoms with E-state index in [1.54, 1.807) is 0 Å². The number of nitrogens with one attached hydrogen (secondary N) is 1. The summed E-state index contributed by atoms with van der Waals surface area (Å²) in [6, 6.07) is 9.21. The number of aryl methyl sites for hydroxylation is 2. The maximum atomic E-state index is 14.3. The van der Waals surface area contributed by atoms with E-state index in [0.717, 1.165) is 60.3 Å². The monoisotopic (exact) mass is 478 g/mol. The molecule has 1 amide bonds. The van der Waals surface area contributed by atoms with E-state index in [9.17, 15) is 18.4 Å². The number of hydrogen-bond acceptors (Lipinski definition) is 5. The molecule has 1 saturated heterocycles. The van der Waals surface area contributed by atoms with Gasteiger partial charge in [0.25, 0.3) is 11.5 Å². The second-order valence-electron chi connectivity index (χ2n) is 8.88. The minimum atomic E-state index is -0.960. The van der Waals surface area contributed by atoms with Crippen LogP contribution in [-0.2, 0) is 7.05 Å². The Hall–Kier alpha value is -4.08. The second kappa shape index (κ2) is 8.61. The molecule has 0 saturated carbocycles. The number of aromatic nitrogens is 4. The normalized spacial score (nSPS) is 15.7. The van der Waals surface area contributed by atoms with E-state index >= 15 is 0 Å². The van der Waals surface area contributed by atoms with Crippen molar-refractivity contribution in [3.8, 4) is 5.69 Å². The molecule has 1 N–H and O–H groups in total. The largest absolute Gasteiger partial charge is 0.368 e. The van der Waals surface area contributed by atoms with Crippen LogP contribution in [0.4, 0.5) is 20.2 Å². The number of fused-ring (bicyclic) bond motifs is 1. The first-order chi connectivity index (χ1) is 16.7. The van der Waals surface area contributed by atoms with Gasteiger partial charge in [0.05, 0.1) is 16.9 Å². The van der Waals surface area contributed by atoms with Crippen molar-refractivity contribution in [3.05, 3.63) is 76.0 Å². The molecule has 0 spiro atoms. The van der Waals surface area contributed by atoms with Crippen LogP contribution in [0, 0.1) is 24.5 Å². The van der Waals surface area contributed by atoms with E-state index in [-0.39, 0.29) is 5.69 Å². The Balaban J connectivity index is 1.56. The predicted molar refractivity (Wildman–Crippen MR) is 129 cm³/mol. The summed E-state index contributed by atoms with van der Waals surface area (Å²) in [7, 11) is 1.94. The van der Waals surface area contributed by atoms with Crippen molar-refractivity contribution in [2.24, 2.45) is 13.0 Å². The Kier molecular flexibility index (Phi) is 5.58. The maximum Gasteiger partial charge on any atom is 0.276 e. The molecule has 2 aromatic carbocycles. The lowest BCUT2D eigenvalue weighted by Crippen LogP contribution is -2.27. The molecule has 0 radical (unpaired) electrons. The van der Waals surface area contributed by atoms with Crippen LogP contribution in [0.5, 0.6) is 0 Å². The molecule has 1 unspecified atom stereocenters. The van der Waals surface area contributed by atoms with Gasteiger partial charge in [-0.15, -0.1) is 0 Å². The molecule has 0 bridgehead atoms. The lowest BCUT2D eigenvalue weighted by molar-refractivity contribution is 0.102. The minimum absolute atomic E-state index is 0.162. The average Bonchev–Trinajstić information content (AvgIpc) is 3.37. The summed E-state index contributed by atoms with van der Waals surface area (Å²) in [6.07, 6.45) is 1.02. The van der Waals surface area contributed by atoms with E-state index in [1.165, 1.54) is 12.1 Å². The van der Waals surface area contributed by atoms with Gasteiger partial charge in [0.1, 0.15) is 22.7 Å². The number of anilines is 2. The van der Waals surface area contributed by atoms with Crippen molar-refractivity contribution < 1.29 is 13.6 Å². The van der Waals surface area contributed by atoms with Gasteiger partial charge in [-0.3, -0.25) is 9.59 Å². The van der Waals surface area contributed by atoms with Crippen molar-refractivity contribution in [2.75, 3.05) is 23.3 Å². The van der Waals surface area contributed by atoms with Gasteiger partial charge in [-0.25, -0.2) is 13.8 Å². The fourth-order valence-electron chi connectivity index (χ4n) is 4.49. The van der Waals surface area contributed by atoms with Crippen molar-refractivity contribution in [2.45, 2.75) is 20.3 Å². The first kappa shape index (κ1) is 22.7. The van der Waals surface area contributed by atoms with Crippen LogP contribution < -0.4 is 15.8 Å². The van der Waals surface area contributed by atoms with E-state index in [2.05, 4.69) is 22.2 Å². The number of para-hydroxylation sites is 1. The predicted octanol–water partition coefficient (Wildman–Crippen LogP) is 3.80. The topological polar surface area (TPSA) is 85.1 Å². The zero-order chi connectivity index (χ0) is 24.9. The van der Waals surface area contributed by atoms with Crippen LogP contribution in [0.3, 0.4) is 0 Å². The molecule has 0 aliphatic carbocycles. The third kappa shape index (κ3) is 3.94. The summed E-state index contributed by atoms with van der Waals surface area (Å²) >= 11 is 0. The van der Waals surface area contributed by atoms with E-state index in [4.69, 9.17) is 4.98 Å². The second-order valence-corrected chi connectivity index (χ2v) is 8.88. The minimum Gasteiger partial charge on any atom is -0.368 e. The third-order valence-electron chi connectivity index (χ3n) is 6.42. The van der Waals surface area contributed by atoms with E-state index in [0.29, 0.717) is 16.3 Å². The number of benzene rings is 2. The van der Waals surface area contributed by atoms with Gasteiger partial charge in [0, 0.05) is 26.2 Å². The molecule has 1 atom stereocenters. The zero-order valence-corrected chi connectivity index (χ0v) is 19.5. The highest BCUT2D eigenvalue weighted by Crippen LogP contribution is 2.37. The molecule has 1 aliphatic rings. The van der Waals surface area contributed by atoms with Gasteiger partial charge in [0.2, 0.25) is 0 Å². The zero-order valence-electron chi connectivity index (χ0n) is 19.5. The summed E-state index contributed by atoms with van der Waals surface area (Å²) in [4.78, 5) is 32.5. The van der Waals surface area contributed by atoms with E-state index in [1.807, 2.05) is 30.7 Å². The molecule has 1 fully saturated rings. The van der Waals surface area contributed by atoms with Gasteiger partial charge in [-0.2, -0.15) is 9.78 Å². The number of carbonyl (C=O) groups is 1. The van der Waals surface area contributed by atoms with Gasteiger partial charge < -0.3 is 14.8 Å². The highest BCUT2D eigenvalue weighted by molar-refractivity contribution is 6.08. The molecule has 10 heteroatoms. The fourth-order valence-corrected chi connectivity index (χ4v) is 4.49. The third-order valence-corrected chi connectivity index (χ3v) is 6.42. The fraction of sp³-hybridized carbons (Fsp3) is 0.280. The average molecular weight is 479 g/mol. The number of hydrogen-bond donors (Lipinski definition) is 1. The molecular weight excluding hydrogens is 454 g/mol. The molecule has 180 valence electrons. The number of imidazole rings is 1. The number of carbonyl (C=O) groups excluding carboxylic acids is 1. The quantitative estimate of drug-likeness (QED) is 0.482. The van der Waals surface area contributed by atoms with Crippen molar-refractivity contribution in [1.29, 1.82) is 0 Å². The molecule has 35 heavy (non-hydrogen) atoms. The Morgan fingerprint density at radius 2 is 1.83 bits per heavy atom. The van der Waals surface area contributed by atoms with Crippen LogP contribution in [-0.4, -0.2) is 38.3 Å². The Morgan fingerprint density at radius 1 is 1.09 bits per heavy atom. The standard InChI is InChI=1S/C25H24F2N6O2/c1-14-11-12-32(13-14)24-18(7-9-20-22(24)28-15(2)31(20)3)29-25(35)19-8-10-21(34)33(30-19)23-16(26)5-4-6-17(23)27/h4-10,14H,11-13H2,1-3H3,(H,29,35). The van der Waals surface area contributed by atoms with Crippen LogP contribution in [0.15, 0.2) is 47.3 Å². The van der Waals surface area contributed by atoms with Crippen LogP contribution in [0.2, 0.25) is 0 Å². The maximum absolute atomic E-state index is 14.3. The number of rotatable bonds is 4. The smallest absolute Gasteiger partial charge is 0.276 e. The molecule has 8 nitrogen and oxygen atoms in total. The lowest BCUT2D eigenvalue weighted by atomic mass is 10.1. The lowest BCUT2D eigenvalue weighted by Gasteiger charge is -2.22. The first-order valence-corrected chi connectivity index (χ1v) is 11.3. The van der Waals surface area contributed by atoms with Crippen molar-refractivity contribution >= 4 is 28.3 Å². The molecule has 2 aromatic heterocycles. The summed E-state index contributed by atoms with van der Waals surface area (Å²) in [5.41, 5.74) is 1.53. The molecule has 1 aliphatic heterocycles. The highest BCUT2D eigenvalue weighted by atomic mass is 19.1. The summed E-state index contributed by atoms with van der Waals surface area (Å²) in [5, 5.41) is 6.83. The van der Waals surface area contributed by atoms with Gasteiger partial charge >= 0.3 is 0 Å². The van der Waals surface area contributed by atoms with Gasteiger partial charge in [0.15, 0.2) is 11.6 Å². The molecular formula is C25H24F2N6O2. The Labute approximate surface area is 199 Å². The number of nitrogens with zero attached hydrogens (tertiary/aromatic N) is 5. The molecule has 4 aromatic rings. The van der Waals surface area contributed by atoms with E-state index < -0.39 is 28.8 Å². The highest BCUT2D eigenvalue weighted by Gasteiger charge is 2.26. The molecule has 5 rings (SSSR count).